The molecule has 1 rings (SSSR count). The van der Waals surface area contributed by atoms with Crippen molar-refractivity contribution in [3.63, 3.8) is 0 Å². The van der Waals surface area contributed by atoms with Gasteiger partial charge in [-0.05, 0) is 31.5 Å². The van der Waals surface area contributed by atoms with Gasteiger partial charge in [-0.3, -0.25) is 10.1 Å². The van der Waals surface area contributed by atoms with E-state index in [0.717, 1.165) is 18.2 Å². The molecule has 0 aliphatic heterocycles. The molecule has 1 radical (unpaired) electrons. The molecule has 0 bridgehead atoms. The van der Waals surface area contributed by atoms with E-state index in [1.165, 1.54) is 6.92 Å². The Bertz CT molecular complexity index is 429. The molecule has 1 aromatic carbocycles. The molecule has 0 saturated heterocycles. The number of hydrogen-bond donors (Lipinski definition) is 0. The second-order valence-corrected chi connectivity index (χ2v) is 4.20. The van der Waals surface area contributed by atoms with Gasteiger partial charge in [0.25, 0.3) is 5.69 Å². The van der Waals surface area contributed by atoms with Crippen LogP contribution >= 0.6 is 7.60 Å². The molecule has 0 amide bonds. The van der Waals surface area contributed by atoms with Gasteiger partial charge in [-0.25, -0.2) is 0 Å². The van der Waals surface area contributed by atoms with Crippen molar-refractivity contribution in [3.05, 3.63) is 33.9 Å². The summed E-state index contributed by atoms with van der Waals surface area (Å²) in [4.78, 5) is 30.9. The first-order chi connectivity index (χ1) is 6.32. The molecule has 0 atom stereocenters. The molecule has 0 N–H and O–H groups in total. The summed E-state index contributed by atoms with van der Waals surface area (Å²) in [5, 5.41) is 9.89. The van der Waals surface area contributed by atoms with Crippen LogP contribution < -0.4 is 15.1 Å². The van der Waals surface area contributed by atoms with Crippen molar-refractivity contribution in [1.82, 2.24) is 0 Å². The summed E-state index contributed by atoms with van der Waals surface area (Å²) >= 11 is 0. The van der Waals surface area contributed by atoms with E-state index in [1.807, 2.05) is 0 Å². The van der Waals surface area contributed by atoms with Gasteiger partial charge in [-0.15, -0.1) is 0 Å². The topological polar surface area (TPSA) is 106 Å². The van der Waals surface area contributed by atoms with Gasteiger partial charge in [0.05, 0.1) is 4.92 Å². The molecule has 0 unspecified atom stereocenters. The van der Waals surface area contributed by atoms with Crippen LogP contribution in [0.3, 0.4) is 0 Å². The van der Waals surface area contributed by atoms with Crippen molar-refractivity contribution in [1.29, 1.82) is 0 Å². The average molecular weight is 279 g/mol. The summed E-state index contributed by atoms with van der Waals surface area (Å²) in [5.74, 6) is 0. The van der Waals surface area contributed by atoms with Gasteiger partial charge in [-0.2, -0.15) is 0 Å². The number of nitro benzene ring substituents is 1. The van der Waals surface area contributed by atoms with Crippen LogP contribution in [0.25, 0.3) is 0 Å². The maximum atomic E-state index is 10.6. The standard InChI is InChI=1S/C7H8NO5P.Cu/c1-5-4-6(8(9)10)2-3-7(5)14(11,12)13;/h2-4H,1H3,(H2,11,12,13);/q;+2/p-2. The summed E-state index contributed by atoms with van der Waals surface area (Å²) in [6.07, 6.45) is 0. The molecule has 0 heterocycles. The Kier molecular flexibility index (Phi) is 4.64. The zero-order valence-corrected chi connectivity index (χ0v) is 9.31. The number of hydrogen-bond acceptors (Lipinski definition) is 5. The molecule has 0 saturated carbocycles. The van der Waals surface area contributed by atoms with E-state index in [0.29, 0.717) is 0 Å². The van der Waals surface area contributed by atoms with Gasteiger partial charge >= 0.3 is 17.1 Å². The molecule has 0 aliphatic carbocycles. The molecule has 15 heavy (non-hydrogen) atoms. The maximum absolute atomic E-state index is 10.6. The fourth-order valence-corrected chi connectivity index (χ4v) is 1.81. The van der Waals surface area contributed by atoms with Crippen molar-refractivity contribution >= 4 is 18.6 Å². The Hall–Kier alpha value is -0.711. The minimum atomic E-state index is -4.83. The van der Waals surface area contributed by atoms with E-state index >= 15 is 0 Å². The first kappa shape index (κ1) is 14.3. The molecule has 0 spiro atoms. The van der Waals surface area contributed by atoms with Gasteiger partial charge < -0.3 is 14.4 Å². The molecule has 6 nitrogen and oxygen atoms in total. The summed E-state index contributed by atoms with van der Waals surface area (Å²) in [6, 6.07) is 3.00. The minimum Gasteiger partial charge on any atom is -0.807 e. The van der Waals surface area contributed by atoms with Gasteiger partial charge in [0.1, 0.15) is 0 Å². The fraction of sp³-hybridized carbons (Fsp3) is 0.143. The van der Waals surface area contributed by atoms with Crippen LogP contribution in [0.4, 0.5) is 5.69 Å². The SMILES string of the molecule is Cc1cc([N+](=O)[O-])ccc1P(=O)([O-])[O-].[Cu+2]. The molecule has 0 fully saturated rings. The van der Waals surface area contributed by atoms with E-state index in [9.17, 15) is 24.5 Å². The molecule has 0 aromatic heterocycles. The van der Waals surface area contributed by atoms with Crippen LogP contribution in [-0.2, 0) is 21.6 Å². The molecule has 1 aromatic rings. The summed E-state index contributed by atoms with van der Waals surface area (Å²) in [5.41, 5.74) is -0.146. The third kappa shape index (κ3) is 3.41. The summed E-state index contributed by atoms with van der Waals surface area (Å²) in [6.45, 7) is 1.34. The second kappa shape index (κ2) is 4.88. The number of benzene rings is 1. The largest absolute Gasteiger partial charge is 2.00 e. The van der Waals surface area contributed by atoms with Crippen LogP contribution in [0.2, 0.25) is 0 Å². The quantitative estimate of drug-likeness (QED) is 0.312. The van der Waals surface area contributed by atoms with Crippen LogP contribution in [0.1, 0.15) is 5.56 Å². The Balaban J connectivity index is 0.00000196. The molecule has 8 heteroatoms. The van der Waals surface area contributed by atoms with Gasteiger partial charge in [-0.1, -0.05) is 0 Å². The number of nitro groups is 1. The Morgan fingerprint density at radius 1 is 1.33 bits per heavy atom. The predicted molar refractivity (Wildman–Crippen MR) is 45.1 cm³/mol. The molecule has 0 aliphatic rings. The number of aryl methyl sites for hydroxylation is 1. The van der Waals surface area contributed by atoms with E-state index in [1.54, 1.807) is 0 Å². The van der Waals surface area contributed by atoms with Crippen molar-refractivity contribution in [2.24, 2.45) is 0 Å². The molecular weight excluding hydrogens is 273 g/mol. The van der Waals surface area contributed by atoms with Gasteiger partial charge in [0.15, 0.2) is 0 Å². The third-order valence-corrected chi connectivity index (χ3v) is 2.78. The van der Waals surface area contributed by atoms with E-state index in [-0.39, 0.29) is 28.3 Å². The summed E-state index contributed by atoms with van der Waals surface area (Å²) in [7, 11) is -4.83. The van der Waals surface area contributed by atoms with Crippen molar-refractivity contribution < 1.29 is 36.3 Å². The molecule has 85 valence electrons. The first-order valence-electron chi connectivity index (χ1n) is 3.60. The van der Waals surface area contributed by atoms with Crippen LogP contribution in [0.5, 0.6) is 0 Å². The van der Waals surface area contributed by atoms with Crippen molar-refractivity contribution in [2.45, 2.75) is 6.92 Å². The van der Waals surface area contributed by atoms with Gasteiger partial charge in [0.2, 0.25) is 0 Å². The van der Waals surface area contributed by atoms with Crippen molar-refractivity contribution in [2.75, 3.05) is 0 Å². The number of rotatable bonds is 2. The maximum Gasteiger partial charge on any atom is 2.00 e. The van der Waals surface area contributed by atoms with Gasteiger partial charge in [0, 0.05) is 12.1 Å². The molecular formula is C7H6CuNO5P. The number of non-ortho nitro benzene ring substituents is 1. The van der Waals surface area contributed by atoms with Crippen molar-refractivity contribution in [3.8, 4) is 0 Å². The van der Waals surface area contributed by atoms with Crippen LogP contribution in [0.15, 0.2) is 18.2 Å². The van der Waals surface area contributed by atoms with E-state index in [4.69, 9.17) is 0 Å². The first-order valence-corrected chi connectivity index (χ1v) is 5.14. The Morgan fingerprint density at radius 2 is 1.87 bits per heavy atom. The normalized spacial score (nSPS) is 10.6. The Morgan fingerprint density at radius 3 is 2.20 bits per heavy atom. The summed E-state index contributed by atoms with van der Waals surface area (Å²) < 4.78 is 10.6. The monoisotopic (exact) mass is 278 g/mol. The van der Waals surface area contributed by atoms with E-state index < -0.39 is 17.8 Å². The van der Waals surface area contributed by atoms with E-state index in [2.05, 4.69) is 0 Å². The zero-order valence-electron chi connectivity index (χ0n) is 7.47. The smallest absolute Gasteiger partial charge is 0.807 e. The third-order valence-electron chi connectivity index (χ3n) is 1.69. The Labute approximate surface area is 96.1 Å². The van der Waals surface area contributed by atoms with Crippen LogP contribution in [0, 0.1) is 17.0 Å². The average Bonchev–Trinajstić information content (AvgIpc) is 2.01. The fourth-order valence-electron chi connectivity index (χ4n) is 1.06. The minimum absolute atomic E-state index is 0. The van der Waals surface area contributed by atoms with Crippen LogP contribution in [-0.4, -0.2) is 4.92 Å². The predicted octanol–water partition coefficient (Wildman–Crippen LogP) is -0.560. The number of nitrogens with zero attached hydrogens (tertiary/aromatic N) is 1. The zero-order chi connectivity index (χ0) is 10.9. The second-order valence-electron chi connectivity index (χ2n) is 2.73.